The number of carbonyl (C=O) groups excluding carboxylic acids is 1. The van der Waals surface area contributed by atoms with Crippen LogP contribution in [0.2, 0.25) is 0 Å². The smallest absolute Gasteiger partial charge is 0.343 e. The summed E-state index contributed by atoms with van der Waals surface area (Å²) in [5.74, 6) is 1.88. The van der Waals surface area contributed by atoms with Crippen LogP contribution in [0.25, 0.3) is 0 Å². The maximum Gasteiger partial charge on any atom is 0.343 e. The number of unbranched alkanes of at least 4 members (excludes halogenated alkanes) is 2. The standard InChI is InChI=1S/C29H39FO4/c1-3-5-6-8-22-10-12-23(13-11-22)9-7-20-33-25-15-17-26(18-16-25)34-29(31)24-14-19-28(32-4-2)27(30)21-24/h14-19,21-23H,3-13,20H2,1-2H3. The van der Waals surface area contributed by atoms with Gasteiger partial charge in [0.2, 0.25) is 0 Å². The van der Waals surface area contributed by atoms with Crippen LogP contribution in [0.4, 0.5) is 4.39 Å². The summed E-state index contributed by atoms with van der Waals surface area (Å²) in [6.07, 6.45) is 13.4. The summed E-state index contributed by atoms with van der Waals surface area (Å²) in [5.41, 5.74) is 0.135. The Kier molecular flexibility index (Phi) is 10.7. The van der Waals surface area contributed by atoms with Crippen molar-refractivity contribution < 1.29 is 23.4 Å². The Morgan fingerprint density at radius 2 is 1.50 bits per heavy atom. The molecule has 0 amide bonds. The first-order valence-corrected chi connectivity index (χ1v) is 13.0. The zero-order valence-electron chi connectivity index (χ0n) is 20.7. The molecule has 0 heterocycles. The summed E-state index contributed by atoms with van der Waals surface area (Å²) in [5, 5.41) is 0. The normalized spacial score (nSPS) is 17.9. The summed E-state index contributed by atoms with van der Waals surface area (Å²) in [6.45, 7) is 5.10. The average molecular weight is 471 g/mol. The lowest BCUT2D eigenvalue weighted by Gasteiger charge is -2.28. The van der Waals surface area contributed by atoms with Gasteiger partial charge < -0.3 is 14.2 Å². The molecule has 4 nitrogen and oxygen atoms in total. The molecule has 1 fully saturated rings. The first-order chi connectivity index (χ1) is 16.6. The molecule has 5 heteroatoms. The van der Waals surface area contributed by atoms with E-state index in [2.05, 4.69) is 6.92 Å². The maximum absolute atomic E-state index is 14.0. The predicted molar refractivity (Wildman–Crippen MR) is 133 cm³/mol. The number of benzene rings is 2. The zero-order chi connectivity index (χ0) is 24.2. The highest BCUT2D eigenvalue weighted by atomic mass is 19.1. The first kappa shape index (κ1) is 26.1. The third kappa shape index (κ3) is 8.34. The van der Waals surface area contributed by atoms with E-state index in [1.54, 1.807) is 31.2 Å². The van der Waals surface area contributed by atoms with Gasteiger partial charge in [-0.25, -0.2) is 9.18 Å². The van der Waals surface area contributed by atoms with E-state index in [1.807, 2.05) is 0 Å². The summed E-state index contributed by atoms with van der Waals surface area (Å²) in [6, 6.07) is 11.0. The van der Waals surface area contributed by atoms with Gasteiger partial charge in [-0.3, -0.25) is 0 Å². The van der Waals surface area contributed by atoms with Gasteiger partial charge in [-0.1, -0.05) is 58.3 Å². The Hall–Kier alpha value is -2.56. The Balaban J connectivity index is 1.34. The minimum atomic E-state index is -0.615. The first-order valence-electron chi connectivity index (χ1n) is 13.0. The maximum atomic E-state index is 14.0. The van der Waals surface area contributed by atoms with Gasteiger partial charge in [0.05, 0.1) is 18.8 Å². The van der Waals surface area contributed by atoms with Crippen LogP contribution in [0.1, 0.15) is 88.4 Å². The van der Waals surface area contributed by atoms with E-state index in [9.17, 15) is 9.18 Å². The molecule has 2 aromatic rings. The minimum Gasteiger partial charge on any atom is -0.494 e. The van der Waals surface area contributed by atoms with Gasteiger partial charge in [0.1, 0.15) is 11.5 Å². The van der Waals surface area contributed by atoms with Crippen molar-refractivity contribution in [3.8, 4) is 17.2 Å². The predicted octanol–water partition coefficient (Wildman–Crippen LogP) is 7.99. The second-order valence-electron chi connectivity index (χ2n) is 9.31. The van der Waals surface area contributed by atoms with Crippen LogP contribution in [-0.2, 0) is 0 Å². The summed E-state index contributed by atoms with van der Waals surface area (Å²) >= 11 is 0. The summed E-state index contributed by atoms with van der Waals surface area (Å²) < 4.78 is 30.4. The van der Waals surface area contributed by atoms with E-state index in [1.165, 1.54) is 69.9 Å². The van der Waals surface area contributed by atoms with Crippen molar-refractivity contribution in [3.63, 3.8) is 0 Å². The quantitative estimate of drug-likeness (QED) is 0.169. The molecule has 34 heavy (non-hydrogen) atoms. The second-order valence-corrected chi connectivity index (χ2v) is 9.31. The fourth-order valence-electron chi connectivity index (χ4n) is 4.72. The van der Waals surface area contributed by atoms with Gasteiger partial charge in [0, 0.05) is 0 Å². The topological polar surface area (TPSA) is 44.8 Å². The number of halogens is 1. The molecule has 0 spiro atoms. The number of carbonyl (C=O) groups is 1. The van der Waals surface area contributed by atoms with E-state index >= 15 is 0 Å². The molecule has 0 unspecified atom stereocenters. The van der Waals surface area contributed by atoms with Crippen molar-refractivity contribution in [2.45, 2.75) is 78.1 Å². The Morgan fingerprint density at radius 1 is 0.853 bits per heavy atom. The van der Waals surface area contributed by atoms with E-state index in [0.29, 0.717) is 19.0 Å². The van der Waals surface area contributed by atoms with Gasteiger partial charge in [-0.2, -0.15) is 0 Å². The highest BCUT2D eigenvalue weighted by Crippen LogP contribution is 2.34. The lowest BCUT2D eigenvalue weighted by molar-refractivity contribution is 0.0734. The molecule has 0 radical (unpaired) electrons. The Labute approximate surface area is 203 Å². The molecule has 2 aromatic carbocycles. The van der Waals surface area contributed by atoms with Gasteiger partial charge >= 0.3 is 5.97 Å². The monoisotopic (exact) mass is 470 g/mol. The van der Waals surface area contributed by atoms with Crippen LogP contribution in [0, 0.1) is 17.7 Å². The van der Waals surface area contributed by atoms with E-state index < -0.39 is 11.8 Å². The number of esters is 1. The number of rotatable bonds is 13. The van der Waals surface area contributed by atoms with Crippen LogP contribution >= 0.6 is 0 Å². The van der Waals surface area contributed by atoms with Crippen molar-refractivity contribution in [3.05, 3.63) is 53.8 Å². The molecule has 0 atom stereocenters. The van der Waals surface area contributed by atoms with Crippen LogP contribution in [0.5, 0.6) is 17.2 Å². The Bertz CT molecular complexity index is 872. The van der Waals surface area contributed by atoms with Crippen molar-refractivity contribution in [1.29, 1.82) is 0 Å². The third-order valence-corrected chi connectivity index (χ3v) is 6.71. The third-order valence-electron chi connectivity index (χ3n) is 6.71. The van der Waals surface area contributed by atoms with E-state index in [0.717, 1.165) is 30.1 Å². The van der Waals surface area contributed by atoms with Gasteiger partial charge in [0.15, 0.2) is 11.6 Å². The summed E-state index contributed by atoms with van der Waals surface area (Å²) in [4.78, 5) is 12.3. The average Bonchev–Trinajstić information content (AvgIpc) is 2.85. The highest BCUT2D eigenvalue weighted by molar-refractivity contribution is 5.91. The SMILES string of the molecule is CCCCCC1CCC(CCCOc2ccc(OC(=O)c3ccc(OCC)c(F)c3)cc2)CC1. The van der Waals surface area contributed by atoms with E-state index in [4.69, 9.17) is 14.2 Å². The largest absolute Gasteiger partial charge is 0.494 e. The fourth-order valence-corrected chi connectivity index (χ4v) is 4.72. The van der Waals surface area contributed by atoms with Gasteiger partial charge in [-0.05, 0) is 74.1 Å². The fraction of sp³-hybridized carbons (Fsp3) is 0.552. The van der Waals surface area contributed by atoms with E-state index in [-0.39, 0.29) is 11.3 Å². The van der Waals surface area contributed by atoms with Crippen LogP contribution in [0.15, 0.2) is 42.5 Å². The molecule has 1 aliphatic rings. The zero-order valence-corrected chi connectivity index (χ0v) is 20.7. The molecule has 186 valence electrons. The van der Waals surface area contributed by atoms with Crippen LogP contribution < -0.4 is 14.2 Å². The van der Waals surface area contributed by atoms with Gasteiger partial charge in [-0.15, -0.1) is 0 Å². The molecule has 3 rings (SSSR count). The molecule has 0 aromatic heterocycles. The molecule has 0 bridgehead atoms. The van der Waals surface area contributed by atoms with Crippen molar-refractivity contribution >= 4 is 5.97 Å². The van der Waals surface area contributed by atoms with Crippen molar-refractivity contribution in [2.75, 3.05) is 13.2 Å². The van der Waals surface area contributed by atoms with Crippen molar-refractivity contribution in [2.24, 2.45) is 11.8 Å². The van der Waals surface area contributed by atoms with Crippen molar-refractivity contribution in [1.82, 2.24) is 0 Å². The van der Waals surface area contributed by atoms with Crippen LogP contribution in [0.3, 0.4) is 0 Å². The van der Waals surface area contributed by atoms with Crippen LogP contribution in [-0.4, -0.2) is 19.2 Å². The molecular formula is C29H39FO4. The number of ether oxygens (including phenoxy) is 3. The molecule has 0 saturated heterocycles. The van der Waals surface area contributed by atoms with Gasteiger partial charge in [0.25, 0.3) is 0 Å². The summed E-state index contributed by atoms with van der Waals surface area (Å²) in [7, 11) is 0. The lowest BCUT2D eigenvalue weighted by Crippen LogP contribution is -2.15. The molecule has 1 saturated carbocycles. The number of hydrogen-bond donors (Lipinski definition) is 0. The molecular weight excluding hydrogens is 431 g/mol. The second kappa shape index (κ2) is 14.0. The molecule has 0 aliphatic heterocycles. The molecule has 1 aliphatic carbocycles. The lowest BCUT2D eigenvalue weighted by atomic mass is 9.78. The highest BCUT2D eigenvalue weighted by Gasteiger charge is 2.20. The molecule has 0 N–H and O–H groups in total. The minimum absolute atomic E-state index is 0.121. The number of hydrogen-bond acceptors (Lipinski definition) is 4. The Morgan fingerprint density at radius 3 is 2.12 bits per heavy atom.